The molecule has 7 nitrogen and oxygen atoms in total. The zero-order valence-electron chi connectivity index (χ0n) is 15.7. The molecular formula is C20H20N3O4P. The molecule has 0 N–H and O–H groups in total. The quantitative estimate of drug-likeness (QED) is 0.573. The van der Waals surface area contributed by atoms with Crippen LogP contribution in [0.4, 0.5) is 0 Å². The van der Waals surface area contributed by atoms with Gasteiger partial charge in [-0.2, -0.15) is 5.26 Å². The zero-order chi connectivity index (χ0) is 19.7. The minimum absolute atomic E-state index is 0.0278. The van der Waals surface area contributed by atoms with Crippen molar-refractivity contribution in [3.05, 3.63) is 64.7 Å². The maximum atomic E-state index is 13.7. The third kappa shape index (κ3) is 3.37. The Hall–Kier alpha value is -2.81. The fourth-order valence-electron chi connectivity index (χ4n) is 3.61. The lowest BCUT2D eigenvalue weighted by Gasteiger charge is -2.34. The first-order valence-electron chi connectivity index (χ1n) is 8.97. The third-order valence-electron chi connectivity index (χ3n) is 4.76. The van der Waals surface area contributed by atoms with E-state index in [1.807, 2.05) is 56.3 Å². The van der Waals surface area contributed by atoms with E-state index in [-0.39, 0.29) is 25.3 Å². The second-order valence-electron chi connectivity index (χ2n) is 6.90. The van der Waals surface area contributed by atoms with E-state index >= 15 is 0 Å². The van der Waals surface area contributed by atoms with Crippen LogP contribution in [0.2, 0.25) is 0 Å². The summed E-state index contributed by atoms with van der Waals surface area (Å²) in [6.07, 6.45) is 2.26. The molecular weight excluding hydrogens is 377 g/mol. The highest BCUT2D eigenvalue weighted by Gasteiger charge is 2.50. The Balaban J connectivity index is 1.69. The van der Waals surface area contributed by atoms with Gasteiger partial charge in [0.15, 0.2) is 0 Å². The van der Waals surface area contributed by atoms with Crippen LogP contribution < -0.4 is 4.52 Å². The SMILES string of the molecule is Cc1cc(C)c2c(c1)CO[P@](=O)(N1C(=NC#N)OC[C@@H]1Cc1ccccc1)O2. The Bertz CT molecular complexity index is 1020. The first-order chi connectivity index (χ1) is 13.5. The first kappa shape index (κ1) is 18.5. The number of hydrogen-bond donors (Lipinski definition) is 0. The van der Waals surface area contributed by atoms with Crippen LogP contribution in [0.3, 0.4) is 0 Å². The molecule has 2 atom stereocenters. The fraction of sp³-hybridized carbons (Fsp3) is 0.300. The molecule has 0 saturated carbocycles. The van der Waals surface area contributed by atoms with E-state index < -0.39 is 7.75 Å². The average Bonchev–Trinajstić information content (AvgIpc) is 3.07. The second kappa shape index (κ2) is 7.31. The average molecular weight is 397 g/mol. The molecule has 2 aliphatic rings. The van der Waals surface area contributed by atoms with Crippen molar-refractivity contribution in [1.29, 1.82) is 5.26 Å². The van der Waals surface area contributed by atoms with Crippen LogP contribution in [0.15, 0.2) is 47.5 Å². The van der Waals surface area contributed by atoms with Crippen molar-refractivity contribution in [3.63, 3.8) is 0 Å². The van der Waals surface area contributed by atoms with Gasteiger partial charge in [-0.1, -0.05) is 48.0 Å². The van der Waals surface area contributed by atoms with Gasteiger partial charge in [0.25, 0.3) is 0 Å². The molecule has 28 heavy (non-hydrogen) atoms. The Morgan fingerprint density at radius 1 is 1.29 bits per heavy atom. The van der Waals surface area contributed by atoms with Crippen molar-refractivity contribution < 1.29 is 18.3 Å². The summed E-state index contributed by atoms with van der Waals surface area (Å²) in [6, 6.07) is 13.4. The highest BCUT2D eigenvalue weighted by atomic mass is 31.2. The molecule has 0 bridgehead atoms. The Morgan fingerprint density at radius 3 is 2.82 bits per heavy atom. The van der Waals surface area contributed by atoms with Crippen molar-refractivity contribution in [2.75, 3.05) is 6.61 Å². The minimum Gasteiger partial charge on any atom is -0.462 e. The van der Waals surface area contributed by atoms with Gasteiger partial charge in [-0.3, -0.25) is 4.52 Å². The van der Waals surface area contributed by atoms with Gasteiger partial charge in [0, 0.05) is 5.56 Å². The van der Waals surface area contributed by atoms with Crippen molar-refractivity contribution in [1.82, 2.24) is 4.67 Å². The maximum absolute atomic E-state index is 13.7. The number of nitriles is 1. The Kier molecular flexibility index (Phi) is 4.84. The number of benzene rings is 2. The molecule has 1 fully saturated rings. The third-order valence-corrected chi connectivity index (χ3v) is 6.65. The Morgan fingerprint density at radius 2 is 2.07 bits per heavy atom. The van der Waals surface area contributed by atoms with Gasteiger partial charge >= 0.3 is 13.8 Å². The zero-order valence-corrected chi connectivity index (χ0v) is 16.6. The number of fused-ring (bicyclic) bond motifs is 1. The number of aryl methyl sites for hydroxylation is 2. The number of amidine groups is 1. The summed E-state index contributed by atoms with van der Waals surface area (Å²) in [4.78, 5) is 3.70. The summed E-state index contributed by atoms with van der Waals surface area (Å²) in [5.74, 6) is 0.557. The fourth-order valence-corrected chi connectivity index (χ4v) is 5.53. The van der Waals surface area contributed by atoms with Crippen LogP contribution >= 0.6 is 7.75 Å². The predicted molar refractivity (Wildman–Crippen MR) is 104 cm³/mol. The van der Waals surface area contributed by atoms with Gasteiger partial charge in [0.1, 0.15) is 12.4 Å². The molecule has 2 heterocycles. The molecule has 0 spiro atoms. The van der Waals surface area contributed by atoms with Crippen molar-refractivity contribution in [3.8, 4) is 11.9 Å². The van der Waals surface area contributed by atoms with E-state index in [0.717, 1.165) is 22.3 Å². The largest absolute Gasteiger partial charge is 0.493 e. The van der Waals surface area contributed by atoms with Crippen LogP contribution in [-0.4, -0.2) is 23.3 Å². The molecule has 0 amide bonds. The van der Waals surface area contributed by atoms with E-state index in [1.54, 1.807) is 6.19 Å². The van der Waals surface area contributed by atoms with Crippen LogP contribution in [0, 0.1) is 25.3 Å². The normalized spacial score (nSPS) is 25.0. The van der Waals surface area contributed by atoms with E-state index in [0.29, 0.717) is 12.2 Å². The molecule has 0 aliphatic carbocycles. The van der Waals surface area contributed by atoms with Gasteiger partial charge in [0.2, 0.25) is 6.19 Å². The van der Waals surface area contributed by atoms with Crippen LogP contribution in [0.5, 0.6) is 5.75 Å². The van der Waals surface area contributed by atoms with Crippen molar-refractivity contribution in [2.45, 2.75) is 32.9 Å². The molecule has 8 heteroatoms. The monoisotopic (exact) mass is 397 g/mol. The standard InChI is InChI=1S/C20H20N3O4P/c1-14-8-15(2)19-17(9-14)11-26-28(24,27-19)23-18(12-25-20(23)22-13-21)10-16-6-4-3-5-7-16/h3-9,18H,10-12H2,1-2H3/t18-,28+/m0/s1. The van der Waals surface area contributed by atoms with Gasteiger partial charge < -0.3 is 9.26 Å². The highest BCUT2D eigenvalue weighted by molar-refractivity contribution is 7.52. The van der Waals surface area contributed by atoms with Gasteiger partial charge in [-0.15, -0.1) is 4.99 Å². The molecule has 144 valence electrons. The number of nitrogens with zero attached hydrogens (tertiary/aromatic N) is 3. The van der Waals surface area contributed by atoms with Crippen molar-refractivity contribution >= 4 is 13.8 Å². The van der Waals surface area contributed by atoms with Gasteiger partial charge in [-0.05, 0) is 31.4 Å². The number of rotatable bonds is 3. The molecule has 2 aromatic rings. The Labute approximate surface area is 163 Å². The minimum atomic E-state index is -3.79. The molecule has 4 rings (SSSR count). The maximum Gasteiger partial charge on any atom is 0.493 e. The molecule has 0 unspecified atom stereocenters. The second-order valence-corrected chi connectivity index (χ2v) is 8.71. The number of aliphatic imine (C=N–C) groups is 1. The molecule has 1 saturated heterocycles. The number of hydrogen-bond acceptors (Lipinski definition) is 6. The lowest BCUT2D eigenvalue weighted by molar-refractivity contribution is 0.194. The summed E-state index contributed by atoms with van der Waals surface area (Å²) in [5.41, 5.74) is 3.87. The van der Waals surface area contributed by atoms with E-state index in [2.05, 4.69) is 4.99 Å². The smallest absolute Gasteiger partial charge is 0.462 e. The molecule has 2 aromatic carbocycles. The highest BCUT2D eigenvalue weighted by Crippen LogP contribution is 2.59. The topological polar surface area (TPSA) is 84.2 Å². The lowest BCUT2D eigenvalue weighted by Crippen LogP contribution is -2.36. The number of ether oxygens (including phenoxy) is 1. The summed E-state index contributed by atoms with van der Waals surface area (Å²) in [5, 5.41) is 9.02. The van der Waals surface area contributed by atoms with E-state index in [9.17, 15) is 4.57 Å². The molecule has 2 aliphatic heterocycles. The van der Waals surface area contributed by atoms with E-state index in [1.165, 1.54) is 4.67 Å². The summed E-state index contributed by atoms with van der Waals surface area (Å²) in [6.45, 7) is 4.30. The lowest BCUT2D eigenvalue weighted by atomic mass is 10.1. The predicted octanol–water partition coefficient (Wildman–Crippen LogP) is 4.10. The van der Waals surface area contributed by atoms with Crippen molar-refractivity contribution in [2.24, 2.45) is 4.99 Å². The summed E-state index contributed by atoms with van der Waals surface area (Å²) in [7, 11) is -3.79. The van der Waals surface area contributed by atoms with Crippen LogP contribution in [0.1, 0.15) is 22.3 Å². The first-order valence-corrected chi connectivity index (χ1v) is 10.5. The van der Waals surface area contributed by atoms with Crippen LogP contribution in [0.25, 0.3) is 0 Å². The van der Waals surface area contributed by atoms with E-state index in [4.69, 9.17) is 19.0 Å². The van der Waals surface area contributed by atoms with Gasteiger partial charge in [0.05, 0.1) is 12.6 Å². The van der Waals surface area contributed by atoms with Crippen LogP contribution in [-0.2, 0) is 26.9 Å². The molecule has 0 aromatic heterocycles. The van der Waals surface area contributed by atoms with Gasteiger partial charge in [-0.25, -0.2) is 9.24 Å². The molecule has 0 radical (unpaired) electrons. The summed E-state index contributed by atoms with van der Waals surface area (Å²) >= 11 is 0. The summed E-state index contributed by atoms with van der Waals surface area (Å²) < 4.78 is 32.4.